The Balaban J connectivity index is 2.76. The standard InChI is InChI=1S/C10H14N2O2S/c1-2-3-6-15-10-7-8(12(13)14)4-5-9(10)11/h4-5,7H,2-3,6,11H2,1H3. The normalized spacial score (nSPS) is 10.2. The Morgan fingerprint density at radius 2 is 2.27 bits per heavy atom. The van der Waals surface area contributed by atoms with Crippen LogP contribution in [-0.4, -0.2) is 10.7 Å². The number of hydrogen-bond donors (Lipinski definition) is 1. The van der Waals surface area contributed by atoms with Crippen molar-refractivity contribution < 1.29 is 4.92 Å². The van der Waals surface area contributed by atoms with Crippen molar-refractivity contribution in [1.82, 2.24) is 0 Å². The van der Waals surface area contributed by atoms with Gasteiger partial charge in [0.2, 0.25) is 0 Å². The number of nitrogens with zero attached hydrogens (tertiary/aromatic N) is 1. The van der Waals surface area contributed by atoms with Crippen LogP contribution in [0.5, 0.6) is 0 Å². The predicted octanol–water partition coefficient (Wildman–Crippen LogP) is 3.07. The maximum absolute atomic E-state index is 10.5. The highest BCUT2D eigenvalue weighted by Crippen LogP contribution is 2.29. The van der Waals surface area contributed by atoms with E-state index in [0.717, 1.165) is 23.5 Å². The number of nitro groups is 1. The van der Waals surface area contributed by atoms with E-state index in [1.165, 1.54) is 12.1 Å². The predicted molar refractivity (Wildman–Crippen MR) is 63.1 cm³/mol. The summed E-state index contributed by atoms with van der Waals surface area (Å²) in [5.41, 5.74) is 6.44. The minimum absolute atomic E-state index is 0.100. The number of nitrogens with two attached hydrogens (primary N) is 1. The number of nitrogen functional groups attached to an aromatic ring is 1. The monoisotopic (exact) mass is 226 g/mol. The first-order valence-corrected chi connectivity index (χ1v) is 5.80. The highest BCUT2D eigenvalue weighted by molar-refractivity contribution is 7.99. The molecule has 0 saturated heterocycles. The number of unbranched alkanes of at least 4 members (excludes halogenated alkanes) is 1. The van der Waals surface area contributed by atoms with Gasteiger partial charge in [-0.2, -0.15) is 0 Å². The minimum atomic E-state index is -0.399. The van der Waals surface area contributed by atoms with Crippen LogP contribution < -0.4 is 5.73 Å². The van der Waals surface area contributed by atoms with Crippen molar-refractivity contribution in [2.75, 3.05) is 11.5 Å². The van der Waals surface area contributed by atoms with Gasteiger partial charge >= 0.3 is 0 Å². The maximum atomic E-state index is 10.5. The van der Waals surface area contributed by atoms with Gasteiger partial charge in [0.25, 0.3) is 5.69 Å². The van der Waals surface area contributed by atoms with Crippen molar-refractivity contribution in [1.29, 1.82) is 0 Å². The van der Waals surface area contributed by atoms with Crippen LogP contribution in [-0.2, 0) is 0 Å². The topological polar surface area (TPSA) is 69.2 Å². The molecule has 1 aromatic carbocycles. The highest BCUT2D eigenvalue weighted by atomic mass is 32.2. The average Bonchev–Trinajstić information content (AvgIpc) is 2.20. The van der Waals surface area contributed by atoms with Gasteiger partial charge in [0.1, 0.15) is 0 Å². The fourth-order valence-corrected chi connectivity index (χ4v) is 2.18. The molecule has 0 unspecified atom stereocenters. The van der Waals surface area contributed by atoms with Crippen LogP contribution in [0.3, 0.4) is 0 Å². The Labute approximate surface area is 93.0 Å². The van der Waals surface area contributed by atoms with E-state index in [9.17, 15) is 10.1 Å². The fourth-order valence-electron chi connectivity index (χ4n) is 1.09. The van der Waals surface area contributed by atoms with E-state index in [0.29, 0.717) is 5.69 Å². The smallest absolute Gasteiger partial charge is 0.270 e. The van der Waals surface area contributed by atoms with E-state index in [-0.39, 0.29) is 5.69 Å². The maximum Gasteiger partial charge on any atom is 0.270 e. The molecule has 0 aliphatic heterocycles. The molecule has 1 aromatic rings. The van der Waals surface area contributed by atoms with Crippen LogP contribution in [0.1, 0.15) is 19.8 Å². The van der Waals surface area contributed by atoms with Crippen LogP contribution in [0.15, 0.2) is 23.1 Å². The molecular formula is C10H14N2O2S. The summed E-state index contributed by atoms with van der Waals surface area (Å²) >= 11 is 1.57. The summed E-state index contributed by atoms with van der Waals surface area (Å²) in [4.78, 5) is 11.0. The summed E-state index contributed by atoms with van der Waals surface area (Å²) in [7, 11) is 0. The zero-order valence-corrected chi connectivity index (χ0v) is 9.42. The molecule has 0 aliphatic rings. The third kappa shape index (κ3) is 3.43. The molecule has 0 atom stereocenters. The van der Waals surface area contributed by atoms with Crippen molar-refractivity contribution in [3.63, 3.8) is 0 Å². The molecule has 0 amide bonds. The van der Waals surface area contributed by atoms with Gasteiger partial charge in [0, 0.05) is 22.7 Å². The third-order valence-corrected chi connectivity index (χ3v) is 3.12. The highest BCUT2D eigenvalue weighted by Gasteiger charge is 2.08. The first-order valence-electron chi connectivity index (χ1n) is 4.82. The summed E-state index contributed by atoms with van der Waals surface area (Å²) in [5, 5.41) is 10.5. The molecule has 82 valence electrons. The van der Waals surface area contributed by atoms with Crippen LogP contribution in [0.25, 0.3) is 0 Å². The Bertz CT molecular complexity index is 355. The summed E-state index contributed by atoms with van der Waals surface area (Å²) < 4.78 is 0. The molecule has 0 saturated carbocycles. The summed E-state index contributed by atoms with van der Waals surface area (Å²) in [6.07, 6.45) is 2.20. The number of thioether (sulfide) groups is 1. The van der Waals surface area contributed by atoms with Gasteiger partial charge in [0.15, 0.2) is 0 Å². The lowest BCUT2D eigenvalue weighted by molar-refractivity contribution is -0.385. The zero-order valence-electron chi connectivity index (χ0n) is 8.60. The first kappa shape index (κ1) is 11.8. The number of rotatable bonds is 5. The second-order valence-electron chi connectivity index (χ2n) is 3.18. The van der Waals surface area contributed by atoms with Crippen molar-refractivity contribution in [2.24, 2.45) is 0 Å². The Kier molecular flexibility index (Phi) is 4.42. The van der Waals surface area contributed by atoms with Crippen molar-refractivity contribution in [2.45, 2.75) is 24.7 Å². The summed E-state index contributed by atoms with van der Waals surface area (Å²) in [6.45, 7) is 2.11. The van der Waals surface area contributed by atoms with E-state index in [1.807, 2.05) is 0 Å². The summed E-state index contributed by atoms with van der Waals surface area (Å²) in [5.74, 6) is 0.946. The molecule has 2 N–H and O–H groups in total. The lowest BCUT2D eigenvalue weighted by Crippen LogP contribution is -1.93. The Morgan fingerprint density at radius 3 is 2.87 bits per heavy atom. The average molecular weight is 226 g/mol. The number of anilines is 1. The molecule has 0 aromatic heterocycles. The minimum Gasteiger partial charge on any atom is -0.398 e. The molecule has 4 nitrogen and oxygen atoms in total. The van der Waals surface area contributed by atoms with E-state index in [2.05, 4.69) is 6.92 Å². The Hall–Kier alpha value is -1.23. The number of benzene rings is 1. The van der Waals surface area contributed by atoms with Gasteiger partial charge in [-0.3, -0.25) is 10.1 Å². The van der Waals surface area contributed by atoms with Crippen molar-refractivity contribution in [3.05, 3.63) is 28.3 Å². The van der Waals surface area contributed by atoms with Crippen molar-refractivity contribution >= 4 is 23.1 Å². The molecule has 15 heavy (non-hydrogen) atoms. The zero-order chi connectivity index (χ0) is 11.3. The van der Waals surface area contributed by atoms with Gasteiger partial charge in [-0.05, 0) is 18.2 Å². The van der Waals surface area contributed by atoms with Gasteiger partial charge in [-0.15, -0.1) is 11.8 Å². The third-order valence-electron chi connectivity index (χ3n) is 1.96. The molecule has 0 heterocycles. The van der Waals surface area contributed by atoms with Gasteiger partial charge in [0.05, 0.1) is 4.92 Å². The Morgan fingerprint density at radius 1 is 1.53 bits per heavy atom. The van der Waals surface area contributed by atoms with Crippen LogP contribution >= 0.6 is 11.8 Å². The molecule has 0 spiro atoms. The quantitative estimate of drug-likeness (QED) is 0.275. The van der Waals surface area contributed by atoms with Gasteiger partial charge in [-0.1, -0.05) is 13.3 Å². The number of non-ortho nitro benzene ring substituents is 1. The fraction of sp³-hybridized carbons (Fsp3) is 0.400. The number of hydrogen-bond acceptors (Lipinski definition) is 4. The van der Waals surface area contributed by atoms with E-state index < -0.39 is 4.92 Å². The van der Waals surface area contributed by atoms with Crippen molar-refractivity contribution in [3.8, 4) is 0 Å². The van der Waals surface area contributed by atoms with E-state index in [4.69, 9.17) is 5.73 Å². The molecule has 0 fully saturated rings. The lowest BCUT2D eigenvalue weighted by Gasteiger charge is -2.04. The van der Waals surface area contributed by atoms with Gasteiger partial charge in [-0.25, -0.2) is 0 Å². The lowest BCUT2D eigenvalue weighted by atomic mass is 10.3. The molecule has 0 aliphatic carbocycles. The second-order valence-corrected chi connectivity index (χ2v) is 4.32. The number of nitro benzene ring substituents is 1. The van der Waals surface area contributed by atoms with Crippen LogP contribution in [0, 0.1) is 10.1 Å². The van der Waals surface area contributed by atoms with Gasteiger partial charge < -0.3 is 5.73 Å². The molecular weight excluding hydrogens is 212 g/mol. The van der Waals surface area contributed by atoms with Crippen LogP contribution in [0.4, 0.5) is 11.4 Å². The first-order chi connectivity index (χ1) is 7.15. The molecule has 0 radical (unpaired) electrons. The largest absolute Gasteiger partial charge is 0.398 e. The molecule has 1 rings (SSSR count). The molecule has 5 heteroatoms. The van der Waals surface area contributed by atoms with Crippen LogP contribution in [0.2, 0.25) is 0 Å². The van der Waals surface area contributed by atoms with E-state index in [1.54, 1.807) is 17.8 Å². The van der Waals surface area contributed by atoms with E-state index >= 15 is 0 Å². The SMILES string of the molecule is CCCCSc1cc([N+](=O)[O-])ccc1N. The summed E-state index contributed by atoms with van der Waals surface area (Å²) in [6, 6.07) is 4.56. The second kappa shape index (κ2) is 5.60. The molecule has 0 bridgehead atoms.